The molecule has 0 aliphatic rings. The van der Waals surface area contributed by atoms with Crippen LogP contribution in [0.1, 0.15) is 36.0 Å². The number of carbonyl (C=O) groups excluding carboxylic acids is 2. The van der Waals surface area contributed by atoms with E-state index in [0.29, 0.717) is 31.2 Å². The molecule has 1 aromatic carbocycles. The first-order valence-electron chi connectivity index (χ1n) is 5.78. The lowest BCUT2D eigenvalue weighted by molar-refractivity contribution is -0.143. The van der Waals surface area contributed by atoms with Crippen LogP contribution in [0.2, 0.25) is 0 Å². The summed E-state index contributed by atoms with van der Waals surface area (Å²) in [6, 6.07) is 9.11. The summed E-state index contributed by atoms with van der Waals surface area (Å²) < 4.78 is 0. The van der Waals surface area contributed by atoms with Gasteiger partial charge in [-0.1, -0.05) is 36.8 Å². The molecule has 0 bridgehead atoms. The van der Waals surface area contributed by atoms with Crippen LogP contribution in [0.3, 0.4) is 0 Å². The quantitative estimate of drug-likeness (QED) is 0.357. The molecule has 1 atom stereocenters. The zero-order valence-electron chi connectivity index (χ0n) is 9.97. The van der Waals surface area contributed by atoms with Crippen molar-refractivity contribution in [2.24, 2.45) is 5.90 Å². The van der Waals surface area contributed by atoms with Crippen molar-refractivity contribution in [2.45, 2.75) is 31.1 Å². The predicted octanol–water partition coefficient (Wildman–Crippen LogP) is 2.45. The third-order valence-corrected chi connectivity index (χ3v) is 2.98. The van der Waals surface area contributed by atoms with Crippen molar-refractivity contribution < 1.29 is 14.4 Å². The second-order valence-electron chi connectivity index (χ2n) is 3.94. The summed E-state index contributed by atoms with van der Waals surface area (Å²) in [5, 5.41) is -0.734. The summed E-state index contributed by atoms with van der Waals surface area (Å²) in [5.41, 5.74) is 0.710. The molecule has 0 saturated carbocycles. The molecular formula is C13H16ClNO3. The van der Waals surface area contributed by atoms with E-state index >= 15 is 0 Å². The fraction of sp³-hybridized carbons (Fsp3) is 0.385. The number of carbonyl (C=O) groups is 2. The topological polar surface area (TPSA) is 69.4 Å². The third kappa shape index (κ3) is 4.85. The van der Waals surface area contributed by atoms with Crippen molar-refractivity contribution in [3.8, 4) is 0 Å². The fourth-order valence-corrected chi connectivity index (χ4v) is 1.77. The Labute approximate surface area is 111 Å². The number of rotatable bonds is 7. The number of unbranched alkanes of at least 4 members (excludes halogenated alkanes) is 1. The summed E-state index contributed by atoms with van der Waals surface area (Å²) in [6.07, 6.45) is 2.28. The molecule has 0 aliphatic carbocycles. The van der Waals surface area contributed by atoms with Gasteiger partial charge in [-0.25, -0.2) is 4.79 Å². The van der Waals surface area contributed by atoms with Gasteiger partial charge in [0.1, 0.15) is 5.38 Å². The van der Waals surface area contributed by atoms with Gasteiger partial charge < -0.3 is 4.84 Å². The monoisotopic (exact) mass is 269 g/mol. The van der Waals surface area contributed by atoms with E-state index < -0.39 is 11.3 Å². The lowest BCUT2D eigenvalue weighted by Crippen LogP contribution is -2.21. The van der Waals surface area contributed by atoms with Gasteiger partial charge in [-0.05, 0) is 12.8 Å². The lowest BCUT2D eigenvalue weighted by Gasteiger charge is -2.05. The van der Waals surface area contributed by atoms with Crippen LogP contribution in [0.15, 0.2) is 30.3 Å². The molecule has 0 fully saturated rings. The van der Waals surface area contributed by atoms with Crippen LogP contribution in [0, 0.1) is 0 Å². The van der Waals surface area contributed by atoms with Crippen molar-refractivity contribution in [3.05, 3.63) is 35.9 Å². The summed E-state index contributed by atoms with van der Waals surface area (Å²) in [7, 11) is 0. The predicted molar refractivity (Wildman–Crippen MR) is 69.2 cm³/mol. The maximum absolute atomic E-state index is 11.7. The normalized spacial score (nSPS) is 11.9. The average Bonchev–Trinajstić information content (AvgIpc) is 2.43. The van der Waals surface area contributed by atoms with Gasteiger partial charge in [0.05, 0.1) is 0 Å². The Bertz CT molecular complexity index is 394. The molecule has 0 amide bonds. The molecule has 0 aromatic heterocycles. The van der Waals surface area contributed by atoms with E-state index in [4.69, 9.17) is 17.5 Å². The highest BCUT2D eigenvalue weighted by Crippen LogP contribution is 2.12. The van der Waals surface area contributed by atoms with Gasteiger partial charge in [0.15, 0.2) is 5.78 Å². The number of hydrogen-bond acceptors (Lipinski definition) is 4. The van der Waals surface area contributed by atoms with Gasteiger partial charge in [-0.15, -0.1) is 11.6 Å². The molecule has 0 heterocycles. The van der Waals surface area contributed by atoms with E-state index in [1.54, 1.807) is 12.1 Å². The lowest BCUT2D eigenvalue weighted by atomic mass is 10.0. The molecule has 2 N–H and O–H groups in total. The van der Waals surface area contributed by atoms with Crippen molar-refractivity contribution in [1.29, 1.82) is 0 Å². The SMILES string of the molecule is NOC(=O)C(Cl)CCCCC(=O)c1ccccc1. The zero-order valence-corrected chi connectivity index (χ0v) is 10.7. The maximum atomic E-state index is 11.7. The summed E-state index contributed by atoms with van der Waals surface area (Å²) in [6.45, 7) is 0. The molecule has 0 aliphatic heterocycles. The van der Waals surface area contributed by atoms with Crippen LogP contribution in [0.4, 0.5) is 0 Å². The number of ketones is 1. The number of hydrogen-bond donors (Lipinski definition) is 1. The van der Waals surface area contributed by atoms with Gasteiger partial charge in [-0.3, -0.25) is 4.79 Å². The first kappa shape index (κ1) is 14.7. The third-order valence-electron chi connectivity index (χ3n) is 2.58. The average molecular weight is 270 g/mol. The maximum Gasteiger partial charge on any atom is 0.342 e. The number of alkyl halides is 1. The summed E-state index contributed by atoms with van der Waals surface area (Å²) in [5.74, 6) is 4.18. The Morgan fingerprint density at radius 2 is 1.89 bits per heavy atom. The molecule has 0 spiro atoms. The standard InChI is InChI=1S/C13H16ClNO3/c14-11(13(17)18-15)8-4-5-9-12(16)10-6-2-1-3-7-10/h1-3,6-7,11H,4-5,8-9,15H2. The molecular weight excluding hydrogens is 254 g/mol. The molecule has 5 heteroatoms. The van der Waals surface area contributed by atoms with Crippen LogP contribution in [-0.2, 0) is 9.63 Å². The van der Waals surface area contributed by atoms with Crippen molar-refractivity contribution in [2.75, 3.05) is 0 Å². The van der Waals surface area contributed by atoms with E-state index in [-0.39, 0.29) is 5.78 Å². The Morgan fingerprint density at radius 3 is 2.50 bits per heavy atom. The molecule has 1 unspecified atom stereocenters. The van der Waals surface area contributed by atoms with Crippen molar-refractivity contribution >= 4 is 23.4 Å². The summed E-state index contributed by atoms with van der Waals surface area (Å²) >= 11 is 5.72. The highest BCUT2D eigenvalue weighted by Gasteiger charge is 2.15. The van der Waals surface area contributed by atoms with E-state index in [2.05, 4.69) is 4.84 Å². The Balaban J connectivity index is 2.23. The van der Waals surface area contributed by atoms with Crippen LogP contribution >= 0.6 is 11.6 Å². The van der Waals surface area contributed by atoms with Gasteiger partial charge in [0, 0.05) is 12.0 Å². The smallest absolute Gasteiger partial charge is 0.342 e. The van der Waals surface area contributed by atoms with E-state index in [0.717, 1.165) is 0 Å². The number of halogens is 1. The number of Topliss-reactive ketones (excluding diaryl/α,β-unsaturated/α-hetero) is 1. The Kier molecular flexibility index (Phi) is 6.39. The molecule has 1 rings (SSSR count). The second-order valence-corrected chi connectivity index (χ2v) is 4.47. The van der Waals surface area contributed by atoms with Gasteiger partial charge >= 0.3 is 5.97 Å². The molecule has 98 valence electrons. The molecule has 18 heavy (non-hydrogen) atoms. The Hall–Kier alpha value is -1.39. The highest BCUT2D eigenvalue weighted by atomic mass is 35.5. The Morgan fingerprint density at radius 1 is 1.22 bits per heavy atom. The van der Waals surface area contributed by atoms with Crippen LogP contribution in [-0.4, -0.2) is 17.1 Å². The zero-order chi connectivity index (χ0) is 13.4. The minimum absolute atomic E-state index is 0.100. The van der Waals surface area contributed by atoms with Crippen molar-refractivity contribution in [3.63, 3.8) is 0 Å². The fourth-order valence-electron chi connectivity index (χ4n) is 1.57. The molecule has 0 radical (unpaired) electrons. The first-order chi connectivity index (χ1) is 8.65. The van der Waals surface area contributed by atoms with Crippen molar-refractivity contribution in [1.82, 2.24) is 0 Å². The highest BCUT2D eigenvalue weighted by molar-refractivity contribution is 6.29. The second kappa shape index (κ2) is 7.84. The van der Waals surface area contributed by atoms with Crippen LogP contribution < -0.4 is 5.90 Å². The van der Waals surface area contributed by atoms with Gasteiger partial charge in [0.25, 0.3) is 0 Å². The van der Waals surface area contributed by atoms with Crippen LogP contribution in [0.5, 0.6) is 0 Å². The number of nitrogens with two attached hydrogens (primary N) is 1. The van der Waals surface area contributed by atoms with Gasteiger partial charge in [-0.2, -0.15) is 5.90 Å². The van der Waals surface area contributed by atoms with E-state index in [9.17, 15) is 9.59 Å². The first-order valence-corrected chi connectivity index (χ1v) is 6.21. The molecule has 0 saturated heterocycles. The van der Waals surface area contributed by atoms with Crippen LogP contribution in [0.25, 0.3) is 0 Å². The minimum atomic E-state index is -0.734. The van der Waals surface area contributed by atoms with E-state index in [1.807, 2.05) is 18.2 Å². The molecule has 4 nitrogen and oxygen atoms in total. The largest absolute Gasteiger partial charge is 0.372 e. The number of benzene rings is 1. The van der Waals surface area contributed by atoms with E-state index in [1.165, 1.54) is 0 Å². The minimum Gasteiger partial charge on any atom is -0.372 e. The summed E-state index contributed by atoms with van der Waals surface area (Å²) in [4.78, 5) is 26.7. The molecule has 1 aromatic rings. The van der Waals surface area contributed by atoms with Gasteiger partial charge in [0.2, 0.25) is 0 Å².